The Kier molecular flexibility index (Phi) is 2.11. The minimum atomic E-state index is 0.289. The molecule has 1 atom stereocenters. The van der Waals surface area contributed by atoms with Gasteiger partial charge in [-0.2, -0.15) is 0 Å². The lowest BCUT2D eigenvalue weighted by molar-refractivity contribution is 0.751. The summed E-state index contributed by atoms with van der Waals surface area (Å²) in [6, 6.07) is 4.44. The maximum atomic E-state index is 5.94. The highest BCUT2D eigenvalue weighted by Gasteiger charge is 2.22. The van der Waals surface area contributed by atoms with E-state index in [1.165, 1.54) is 5.52 Å². The number of nitrogens with two attached hydrogens (primary N) is 1. The summed E-state index contributed by atoms with van der Waals surface area (Å²) in [5.41, 5.74) is 8.15. The summed E-state index contributed by atoms with van der Waals surface area (Å²) in [5.74, 6) is 1.07. The molecule has 0 aliphatic carbocycles. The molecule has 3 rings (SSSR count). The first kappa shape index (κ1) is 9.66. The van der Waals surface area contributed by atoms with E-state index in [1.807, 2.05) is 6.92 Å². The van der Waals surface area contributed by atoms with Crippen LogP contribution in [0.1, 0.15) is 12.1 Å². The van der Waals surface area contributed by atoms with E-state index in [2.05, 4.69) is 38.8 Å². The predicted octanol–water partition coefficient (Wildman–Crippen LogP) is 1.18. The molecule has 2 aromatic rings. The molecule has 0 saturated carbocycles. The molecule has 0 bridgehead atoms. The van der Waals surface area contributed by atoms with Crippen LogP contribution in [0.4, 0.5) is 5.82 Å². The van der Waals surface area contributed by atoms with Gasteiger partial charge in [0.1, 0.15) is 0 Å². The first-order valence-corrected chi connectivity index (χ1v) is 5.69. The molecule has 4 nitrogen and oxygen atoms in total. The summed E-state index contributed by atoms with van der Waals surface area (Å²) in [5, 5.41) is 0. The standard InChI is InChI=1S/C12H16N4/c1-9-7-15-5-2-3-11(15)12(14-9)16-6-4-10(13)8-16/h2-3,5,7,10H,4,6,8,13H2,1H3. The topological polar surface area (TPSA) is 46.6 Å². The predicted molar refractivity (Wildman–Crippen MR) is 64.7 cm³/mol. The van der Waals surface area contributed by atoms with E-state index in [9.17, 15) is 0 Å². The van der Waals surface area contributed by atoms with Crippen LogP contribution in [0.25, 0.3) is 5.52 Å². The maximum Gasteiger partial charge on any atom is 0.153 e. The lowest BCUT2D eigenvalue weighted by Crippen LogP contribution is -2.27. The lowest BCUT2D eigenvalue weighted by Gasteiger charge is -2.18. The monoisotopic (exact) mass is 216 g/mol. The number of rotatable bonds is 1. The van der Waals surface area contributed by atoms with Crippen LogP contribution in [-0.4, -0.2) is 28.5 Å². The first-order valence-electron chi connectivity index (χ1n) is 5.69. The molecule has 0 amide bonds. The Balaban J connectivity index is 2.11. The van der Waals surface area contributed by atoms with Crippen LogP contribution < -0.4 is 10.6 Å². The van der Waals surface area contributed by atoms with Crippen molar-refractivity contribution in [1.82, 2.24) is 9.38 Å². The van der Waals surface area contributed by atoms with E-state index in [-0.39, 0.29) is 6.04 Å². The van der Waals surface area contributed by atoms with Crippen molar-refractivity contribution >= 4 is 11.3 Å². The Hall–Kier alpha value is -1.55. The van der Waals surface area contributed by atoms with Crippen LogP contribution in [0.5, 0.6) is 0 Å². The summed E-state index contributed by atoms with van der Waals surface area (Å²) in [4.78, 5) is 6.92. The smallest absolute Gasteiger partial charge is 0.153 e. The van der Waals surface area contributed by atoms with Crippen molar-refractivity contribution < 1.29 is 0 Å². The second kappa shape index (κ2) is 3.49. The molecule has 0 aromatic carbocycles. The lowest BCUT2D eigenvalue weighted by atomic mass is 10.3. The molecular weight excluding hydrogens is 200 g/mol. The van der Waals surface area contributed by atoms with Crippen LogP contribution in [0.15, 0.2) is 24.5 Å². The molecule has 2 N–H and O–H groups in total. The molecule has 3 heterocycles. The van der Waals surface area contributed by atoms with Crippen LogP contribution in [0, 0.1) is 6.92 Å². The van der Waals surface area contributed by atoms with Crippen LogP contribution in [0.2, 0.25) is 0 Å². The zero-order chi connectivity index (χ0) is 11.1. The fraction of sp³-hybridized carbons (Fsp3) is 0.417. The summed E-state index contributed by atoms with van der Waals surface area (Å²) in [6.45, 7) is 3.95. The Morgan fingerprint density at radius 1 is 1.50 bits per heavy atom. The SMILES string of the molecule is Cc1cn2cccc2c(N2CCC(N)C2)n1. The third-order valence-corrected chi connectivity index (χ3v) is 3.14. The molecule has 2 aromatic heterocycles. The molecule has 1 fully saturated rings. The molecular formula is C12H16N4. The molecule has 84 valence electrons. The van der Waals surface area contributed by atoms with Gasteiger partial charge in [0.05, 0.1) is 11.2 Å². The number of aromatic nitrogens is 2. The van der Waals surface area contributed by atoms with Gasteiger partial charge in [0.25, 0.3) is 0 Å². The molecule has 1 aliphatic heterocycles. The number of nitrogens with zero attached hydrogens (tertiary/aromatic N) is 3. The largest absolute Gasteiger partial charge is 0.353 e. The number of anilines is 1. The average molecular weight is 216 g/mol. The highest BCUT2D eigenvalue weighted by atomic mass is 15.2. The van der Waals surface area contributed by atoms with Crippen molar-refractivity contribution in [3.63, 3.8) is 0 Å². The maximum absolute atomic E-state index is 5.94. The Morgan fingerprint density at radius 2 is 2.38 bits per heavy atom. The van der Waals surface area contributed by atoms with Crippen LogP contribution in [0.3, 0.4) is 0 Å². The molecule has 0 radical (unpaired) electrons. The van der Waals surface area contributed by atoms with Crippen molar-refractivity contribution in [3.8, 4) is 0 Å². The zero-order valence-corrected chi connectivity index (χ0v) is 9.43. The van der Waals surface area contributed by atoms with E-state index in [0.717, 1.165) is 31.0 Å². The highest BCUT2D eigenvalue weighted by Crippen LogP contribution is 2.23. The van der Waals surface area contributed by atoms with E-state index < -0.39 is 0 Å². The average Bonchev–Trinajstić information content (AvgIpc) is 2.84. The quantitative estimate of drug-likeness (QED) is 0.778. The normalized spacial score (nSPS) is 20.9. The number of hydrogen-bond acceptors (Lipinski definition) is 3. The van der Waals surface area contributed by atoms with Gasteiger partial charge in [0.2, 0.25) is 0 Å². The third kappa shape index (κ3) is 1.46. The second-order valence-corrected chi connectivity index (χ2v) is 4.50. The van der Waals surface area contributed by atoms with Crippen molar-refractivity contribution in [2.24, 2.45) is 5.73 Å². The minimum absolute atomic E-state index is 0.289. The van der Waals surface area contributed by atoms with Crippen LogP contribution >= 0.6 is 0 Å². The van der Waals surface area contributed by atoms with Gasteiger partial charge < -0.3 is 15.0 Å². The third-order valence-electron chi connectivity index (χ3n) is 3.14. The van der Waals surface area contributed by atoms with E-state index in [1.54, 1.807) is 0 Å². The van der Waals surface area contributed by atoms with Gasteiger partial charge in [-0.25, -0.2) is 4.98 Å². The summed E-state index contributed by atoms with van der Waals surface area (Å²) in [6.07, 6.45) is 5.17. The number of fused-ring (bicyclic) bond motifs is 1. The molecule has 1 saturated heterocycles. The number of hydrogen-bond donors (Lipinski definition) is 1. The minimum Gasteiger partial charge on any atom is -0.353 e. The Labute approximate surface area is 94.7 Å². The molecule has 4 heteroatoms. The van der Waals surface area contributed by atoms with Crippen molar-refractivity contribution in [3.05, 3.63) is 30.2 Å². The summed E-state index contributed by atoms with van der Waals surface area (Å²) >= 11 is 0. The molecule has 1 unspecified atom stereocenters. The van der Waals surface area contributed by atoms with Crippen LogP contribution in [-0.2, 0) is 0 Å². The van der Waals surface area contributed by atoms with Crippen molar-refractivity contribution in [2.45, 2.75) is 19.4 Å². The summed E-state index contributed by atoms with van der Waals surface area (Å²) in [7, 11) is 0. The zero-order valence-electron chi connectivity index (χ0n) is 9.43. The molecule has 1 aliphatic rings. The van der Waals surface area contributed by atoms with Gasteiger partial charge >= 0.3 is 0 Å². The first-order chi connectivity index (χ1) is 7.74. The van der Waals surface area contributed by atoms with Gasteiger partial charge in [-0.05, 0) is 25.5 Å². The van der Waals surface area contributed by atoms with E-state index in [4.69, 9.17) is 5.73 Å². The fourth-order valence-corrected chi connectivity index (χ4v) is 2.36. The van der Waals surface area contributed by atoms with Gasteiger partial charge in [-0.3, -0.25) is 0 Å². The fourth-order valence-electron chi connectivity index (χ4n) is 2.36. The van der Waals surface area contributed by atoms with E-state index in [0.29, 0.717) is 0 Å². The Bertz CT molecular complexity index is 517. The highest BCUT2D eigenvalue weighted by molar-refractivity contribution is 5.70. The second-order valence-electron chi connectivity index (χ2n) is 4.50. The number of aryl methyl sites for hydroxylation is 1. The molecule has 0 spiro atoms. The van der Waals surface area contributed by atoms with Gasteiger partial charge in [0.15, 0.2) is 5.82 Å². The Morgan fingerprint density at radius 3 is 3.12 bits per heavy atom. The van der Waals surface area contributed by atoms with Crippen molar-refractivity contribution in [2.75, 3.05) is 18.0 Å². The molecule has 16 heavy (non-hydrogen) atoms. The van der Waals surface area contributed by atoms with E-state index >= 15 is 0 Å². The summed E-state index contributed by atoms with van der Waals surface area (Å²) < 4.78 is 2.13. The van der Waals surface area contributed by atoms with Crippen molar-refractivity contribution in [1.29, 1.82) is 0 Å². The van der Waals surface area contributed by atoms with Gasteiger partial charge in [-0.15, -0.1) is 0 Å². The van der Waals surface area contributed by atoms with Gasteiger partial charge in [-0.1, -0.05) is 0 Å². The van der Waals surface area contributed by atoms with Gasteiger partial charge in [0, 0.05) is 31.5 Å².